The van der Waals surface area contributed by atoms with Crippen LogP contribution >= 0.6 is 11.8 Å². The number of thioether (sulfide) groups is 1. The van der Waals surface area contributed by atoms with E-state index >= 15 is 0 Å². The van der Waals surface area contributed by atoms with Gasteiger partial charge >= 0.3 is 11.7 Å². The van der Waals surface area contributed by atoms with Crippen molar-refractivity contribution in [3.05, 3.63) is 41.7 Å². The smallest absolute Gasteiger partial charge is 0.460 e. The van der Waals surface area contributed by atoms with Crippen molar-refractivity contribution in [1.82, 2.24) is 4.98 Å². The Morgan fingerprint density at radius 3 is 2.65 bits per heavy atom. The molecule has 2 nitrogen and oxygen atoms in total. The average molecular weight is 399 g/mol. The van der Waals surface area contributed by atoms with Gasteiger partial charge < -0.3 is 24.0 Å². The fourth-order valence-electron chi connectivity index (χ4n) is 2.48. The summed E-state index contributed by atoms with van der Waals surface area (Å²) in [5, 5.41) is 1.17. The minimum Gasteiger partial charge on any atom is -1.00 e. The fraction of sp³-hybridized carbons (Fsp3) is 0.375. The topological polar surface area (TPSA) is 24.2 Å². The molecule has 2 aromatic rings. The van der Waals surface area contributed by atoms with Crippen LogP contribution < -0.4 is 24.0 Å². The van der Waals surface area contributed by atoms with Gasteiger partial charge in [-0.1, -0.05) is 25.1 Å². The summed E-state index contributed by atoms with van der Waals surface area (Å²) >= 11 is 1.83. The monoisotopic (exact) mass is 399 g/mol. The van der Waals surface area contributed by atoms with Gasteiger partial charge in [-0.2, -0.15) is 4.42 Å². The molecule has 1 aliphatic rings. The van der Waals surface area contributed by atoms with Crippen LogP contribution in [-0.2, 0) is 12.8 Å². The Kier molecular flexibility index (Phi) is 5.84. The minimum atomic E-state index is 0. The molecule has 0 atom stereocenters. The van der Waals surface area contributed by atoms with Crippen LogP contribution in [0, 0.1) is 0 Å². The highest BCUT2D eigenvalue weighted by atomic mass is 127. The lowest BCUT2D eigenvalue weighted by atomic mass is 9.98. The average Bonchev–Trinajstić information content (AvgIpc) is 2.48. The molecule has 20 heavy (non-hydrogen) atoms. The molecule has 0 saturated carbocycles. The van der Waals surface area contributed by atoms with E-state index in [-0.39, 0.29) is 24.0 Å². The molecule has 106 valence electrons. The molecule has 1 heterocycles. The highest BCUT2D eigenvalue weighted by Gasteiger charge is 2.28. The van der Waals surface area contributed by atoms with Gasteiger partial charge in [0.15, 0.2) is 0 Å². The van der Waals surface area contributed by atoms with E-state index in [9.17, 15) is 0 Å². The first-order chi connectivity index (χ1) is 9.38. The Hall–Kier alpha value is -0.620. The van der Waals surface area contributed by atoms with Crippen LogP contribution in [0.25, 0.3) is 11.5 Å². The zero-order valence-electron chi connectivity index (χ0n) is 11.6. The lowest BCUT2D eigenvalue weighted by Crippen LogP contribution is -3.00. The Balaban J connectivity index is 0.00000147. The molecule has 0 aliphatic heterocycles. The number of benzene rings is 1. The van der Waals surface area contributed by atoms with Crippen molar-refractivity contribution in [1.29, 1.82) is 0 Å². The second-order valence-corrected chi connectivity index (χ2v) is 5.98. The lowest BCUT2D eigenvalue weighted by molar-refractivity contribution is -0.00000449. The first-order valence-corrected chi connectivity index (χ1v) is 7.91. The maximum Gasteiger partial charge on any atom is 0.460 e. The maximum atomic E-state index is 6.05. The van der Waals surface area contributed by atoms with Gasteiger partial charge in [0.1, 0.15) is 10.6 Å². The first-order valence-electron chi connectivity index (χ1n) is 6.92. The van der Waals surface area contributed by atoms with E-state index in [1.807, 2.05) is 30.0 Å². The molecular formula is C16H18INOS. The third kappa shape index (κ3) is 3.34. The van der Waals surface area contributed by atoms with E-state index in [0.29, 0.717) is 0 Å². The van der Waals surface area contributed by atoms with Crippen LogP contribution in [-0.4, -0.2) is 10.7 Å². The molecule has 0 radical (unpaired) electrons. The van der Waals surface area contributed by atoms with Crippen LogP contribution in [0.5, 0.6) is 0 Å². The molecule has 0 N–H and O–H groups in total. The van der Waals surface area contributed by atoms with Crippen molar-refractivity contribution < 1.29 is 28.4 Å². The standard InChI is InChI=1S/C16H18NOS.HI/c1-2-19-16-13-10-6-7-11-14(13)18-15(17-16)12-8-4-3-5-9-12;/h3-5,8-9H,2,6-7,10-11H2,1H3;1H/q+1;/p-1. The SMILES string of the molecule is CCSc1nc(-c2ccccc2)[o+]c2c1CCCC2.[I-]. The Morgan fingerprint density at radius 2 is 1.90 bits per heavy atom. The second kappa shape index (κ2) is 7.41. The highest BCUT2D eigenvalue weighted by Crippen LogP contribution is 2.32. The van der Waals surface area contributed by atoms with Gasteiger partial charge in [-0.15, -0.1) is 16.7 Å². The van der Waals surface area contributed by atoms with E-state index in [4.69, 9.17) is 9.40 Å². The molecule has 1 aromatic heterocycles. The summed E-state index contributed by atoms with van der Waals surface area (Å²) in [4.78, 5) is 4.74. The van der Waals surface area contributed by atoms with Crippen LogP contribution in [0.1, 0.15) is 31.1 Å². The first kappa shape index (κ1) is 15.8. The number of hydrogen-bond acceptors (Lipinski definition) is 2. The van der Waals surface area contributed by atoms with Crippen molar-refractivity contribution >= 4 is 11.8 Å². The lowest BCUT2D eigenvalue weighted by Gasteiger charge is -2.10. The van der Waals surface area contributed by atoms with Gasteiger partial charge in [-0.3, -0.25) is 0 Å². The molecule has 0 unspecified atom stereocenters. The van der Waals surface area contributed by atoms with Crippen LogP contribution in [0.15, 0.2) is 39.8 Å². The maximum absolute atomic E-state index is 6.05. The van der Waals surface area contributed by atoms with Crippen LogP contribution in [0.2, 0.25) is 0 Å². The second-order valence-electron chi connectivity index (χ2n) is 4.73. The third-order valence-electron chi connectivity index (χ3n) is 3.40. The largest absolute Gasteiger partial charge is 1.00 e. The summed E-state index contributed by atoms with van der Waals surface area (Å²) in [7, 11) is 0. The molecule has 0 amide bonds. The van der Waals surface area contributed by atoms with E-state index < -0.39 is 0 Å². The molecule has 4 heteroatoms. The van der Waals surface area contributed by atoms with Crippen LogP contribution in [0.4, 0.5) is 0 Å². The summed E-state index contributed by atoms with van der Waals surface area (Å²) in [5.74, 6) is 2.96. The minimum absolute atomic E-state index is 0. The normalized spacial score (nSPS) is 13.4. The number of halogens is 1. The van der Waals surface area contributed by atoms with Gasteiger partial charge in [-0.25, -0.2) is 0 Å². The third-order valence-corrected chi connectivity index (χ3v) is 4.30. The molecule has 0 saturated heterocycles. The zero-order valence-corrected chi connectivity index (χ0v) is 14.5. The number of aromatic nitrogens is 1. The van der Waals surface area contributed by atoms with E-state index in [1.165, 1.54) is 23.4 Å². The van der Waals surface area contributed by atoms with Crippen molar-refractivity contribution in [3.8, 4) is 11.5 Å². The predicted molar refractivity (Wildman–Crippen MR) is 79.4 cm³/mol. The molecular weight excluding hydrogens is 381 g/mol. The highest BCUT2D eigenvalue weighted by molar-refractivity contribution is 7.99. The molecule has 0 bridgehead atoms. The van der Waals surface area contributed by atoms with Gasteiger partial charge in [-0.05, 0) is 37.1 Å². The van der Waals surface area contributed by atoms with Gasteiger partial charge in [0.25, 0.3) is 0 Å². The molecule has 0 spiro atoms. The fourth-order valence-corrected chi connectivity index (χ4v) is 3.29. The number of rotatable bonds is 3. The van der Waals surface area contributed by atoms with Crippen molar-refractivity contribution in [2.75, 3.05) is 5.75 Å². The van der Waals surface area contributed by atoms with Crippen LogP contribution in [0.3, 0.4) is 0 Å². The predicted octanol–water partition coefficient (Wildman–Crippen LogP) is 1.62. The quantitative estimate of drug-likeness (QED) is 0.446. The molecule has 1 aromatic carbocycles. The van der Waals surface area contributed by atoms with Gasteiger partial charge in [0.2, 0.25) is 0 Å². The number of aryl methyl sites for hydroxylation is 1. The summed E-state index contributed by atoms with van der Waals surface area (Å²) in [6.07, 6.45) is 4.65. The summed E-state index contributed by atoms with van der Waals surface area (Å²) in [5.41, 5.74) is 2.41. The van der Waals surface area contributed by atoms with Gasteiger partial charge in [0, 0.05) is 0 Å². The number of hydrogen-bond donors (Lipinski definition) is 0. The summed E-state index contributed by atoms with van der Waals surface area (Å²) in [6, 6.07) is 10.2. The Morgan fingerprint density at radius 1 is 1.15 bits per heavy atom. The Bertz CT molecular complexity index is 574. The van der Waals surface area contributed by atoms with E-state index in [1.54, 1.807) is 0 Å². The summed E-state index contributed by atoms with van der Waals surface area (Å²) in [6.45, 7) is 2.17. The molecule has 0 fully saturated rings. The molecule has 3 rings (SSSR count). The van der Waals surface area contributed by atoms with Crippen molar-refractivity contribution in [2.45, 2.75) is 37.6 Å². The number of fused-ring (bicyclic) bond motifs is 1. The van der Waals surface area contributed by atoms with E-state index in [2.05, 4.69) is 19.1 Å². The van der Waals surface area contributed by atoms with Crippen molar-refractivity contribution in [2.24, 2.45) is 0 Å². The Labute approximate surface area is 141 Å². The van der Waals surface area contributed by atoms with Crippen molar-refractivity contribution in [3.63, 3.8) is 0 Å². The molecule has 1 aliphatic carbocycles. The zero-order chi connectivity index (χ0) is 13.1. The summed E-state index contributed by atoms with van der Waals surface area (Å²) < 4.78 is 6.05. The van der Waals surface area contributed by atoms with E-state index in [0.717, 1.165) is 35.8 Å². The number of nitrogens with zero attached hydrogens (tertiary/aromatic N) is 1. The van der Waals surface area contributed by atoms with Gasteiger partial charge in [0.05, 0.1) is 12.0 Å².